The summed E-state index contributed by atoms with van der Waals surface area (Å²) in [7, 11) is 1.59. The zero-order chi connectivity index (χ0) is 17.1. The summed E-state index contributed by atoms with van der Waals surface area (Å²) in [5.74, 6) is 1.35. The number of anilines is 1. The van der Waals surface area contributed by atoms with Crippen molar-refractivity contribution in [2.45, 2.75) is 6.92 Å². The average Bonchev–Trinajstić information content (AvgIpc) is 3.16. The number of thiazole rings is 1. The molecule has 0 atom stereocenters. The van der Waals surface area contributed by atoms with Crippen LogP contribution in [0.2, 0.25) is 0 Å². The van der Waals surface area contributed by atoms with Crippen LogP contribution in [0.3, 0.4) is 0 Å². The molecule has 7 heteroatoms. The van der Waals surface area contributed by atoms with E-state index in [-0.39, 0.29) is 5.57 Å². The van der Waals surface area contributed by atoms with Gasteiger partial charge in [0.1, 0.15) is 28.9 Å². The number of aromatic nitrogens is 1. The largest absolute Gasteiger partial charge is 0.497 e. The molecule has 120 valence electrons. The summed E-state index contributed by atoms with van der Waals surface area (Å²) in [4.78, 5) is 16.6. The van der Waals surface area contributed by atoms with Crippen LogP contribution < -0.4 is 10.1 Å². The normalized spacial score (nSPS) is 11.3. The van der Waals surface area contributed by atoms with Gasteiger partial charge < -0.3 is 9.15 Å². The number of amides is 1. The summed E-state index contributed by atoms with van der Waals surface area (Å²) in [5, 5.41) is 12.3. The van der Waals surface area contributed by atoms with E-state index in [9.17, 15) is 10.1 Å². The van der Waals surface area contributed by atoms with Crippen LogP contribution in [0.4, 0.5) is 5.13 Å². The molecular weight excluding hydrogens is 326 g/mol. The number of carbonyl (C=O) groups excluding carboxylic acids is 1. The highest BCUT2D eigenvalue weighted by molar-refractivity contribution is 7.22. The molecule has 1 amide bonds. The van der Waals surface area contributed by atoms with Crippen LogP contribution >= 0.6 is 11.3 Å². The first-order valence-corrected chi connectivity index (χ1v) is 7.85. The van der Waals surface area contributed by atoms with Gasteiger partial charge in [-0.15, -0.1) is 0 Å². The molecule has 3 rings (SSSR count). The number of benzene rings is 1. The van der Waals surface area contributed by atoms with Gasteiger partial charge in [-0.2, -0.15) is 5.26 Å². The fourth-order valence-electron chi connectivity index (χ4n) is 2.07. The molecule has 1 aromatic carbocycles. The number of nitriles is 1. The number of aryl methyl sites for hydroxylation is 1. The van der Waals surface area contributed by atoms with Gasteiger partial charge in [-0.1, -0.05) is 11.3 Å². The van der Waals surface area contributed by atoms with Gasteiger partial charge in [0, 0.05) is 6.08 Å². The van der Waals surface area contributed by atoms with Crippen molar-refractivity contribution >= 4 is 38.7 Å². The highest BCUT2D eigenvalue weighted by Crippen LogP contribution is 2.29. The summed E-state index contributed by atoms with van der Waals surface area (Å²) >= 11 is 1.31. The lowest BCUT2D eigenvalue weighted by Crippen LogP contribution is -2.13. The summed E-state index contributed by atoms with van der Waals surface area (Å²) in [5.41, 5.74) is 0.696. The van der Waals surface area contributed by atoms with Crippen LogP contribution in [-0.4, -0.2) is 18.0 Å². The third-order valence-corrected chi connectivity index (χ3v) is 4.16. The molecule has 0 aliphatic heterocycles. The van der Waals surface area contributed by atoms with E-state index < -0.39 is 5.91 Å². The summed E-state index contributed by atoms with van der Waals surface area (Å²) in [6.07, 6.45) is 1.40. The van der Waals surface area contributed by atoms with Crippen molar-refractivity contribution in [1.82, 2.24) is 4.98 Å². The number of methoxy groups -OCH3 is 1. The second-order valence-corrected chi connectivity index (χ2v) is 5.96. The first-order chi connectivity index (χ1) is 11.6. The monoisotopic (exact) mass is 339 g/mol. The standard InChI is InChI=1S/C17H13N3O3S/c1-10-3-4-13(23-10)7-11(9-18)16(21)20-17-19-14-6-5-12(22-2)8-15(14)24-17/h3-8H,1-2H3,(H,19,20,21). The van der Waals surface area contributed by atoms with E-state index >= 15 is 0 Å². The highest BCUT2D eigenvalue weighted by atomic mass is 32.1. The summed E-state index contributed by atoms with van der Waals surface area (Å²) in [6.45, 7) is 1.79. The number of rotatable bonds is 4. The molecule has 0 spiro atoms. The van der Waals surface area contributed by atoms with Crippen LogP contribution in [0, 0.1) is 18.3 Å². The van der Waals surface area contributed by atoms with Crippen molar-refractivity contribution in [2.24, 2.45) is 0 Å². The maximum atomic E-state index is 12.3. The first kappa shape index (κ1) is 15.8. The molecule has 0 saturated heterocycles. The minimum absolute atomic E-state index is 0.0545. The molecule has 0 radical (unpaired) electrons. The van der Waals surface area contributed by atoms with Gasteiger partial charge in [0.2, 0.25) is 0 Å². The van der Waals surface area contributed by atoms with Crippen molar-refractivity contribution in [2.75, 3.05) is 12.4 Å². The van der Waals surface area contributed by atoms with Crippen LogP contribution in [0.15, 0.2) is 40.3 Å². The molecule has 6 nitrogen and oxygen atoms in total. The Labute approximate surface area is 142 Å². The highest BCUT2D eigenvalue weighted by Gasteiger charge is 2.13. The number of furan rings is 1. The zero-order valence-electron chi connectivity index (χ0n) is 13.0. The third-order valence-electron chi connectivity index (χ3n) is 3.23. The number of ether oxygens (including phenoxy) is 1. The average molecular weight is 339 g/mol. The molecule has 0 unspecified atom stereocenters. The van der Waals surface area contributed by atoms with Gasteiger partial charge in [-0.05, 0) is 37.3 Å². The molecule has 2 heterocycles. The van der Waals surface area contributed by atoms with Crippen molar-refractivity contribution in [3.8, 4) is 11.8 Å². The lowest BCUT2D eigenvalue weighted by molar-refractivity contribution is -0.112. The van der Waals surface area contributed by atoms with Crippen molar-refractivity contribution in [3.05, 3.63) is 47.4 Å². The lowest BCUT2D eigenvalue weighted by atomic mass is 10.2. The number of carbonyl (C=O) groups is 1. The van der Waals surface area contributed by atoms with E-state index in [1.807, 2.05) is 18.2 Å². The van der Waals surface area contributed by atoms with E-state index in [2.05, 4.69) is 10.3 Å². The Kier molecular flexibility index (Phi) is 4.31. The van der Waals surface area contributed by atoms with Gasteiger partial charge in [0.25, 0.3) is 5.91 Å². The van der Waals surface area contributed by atoms with Crippen LogP contribution in [0.1, 0.15) is 11.5 Å². The maximum Gasteiger partial charge on any atom is 0.268 e. The van der Waals surface area contributed by atoms with Crippen LogP contribution in [-0.2, 0) is 4.79 Å². The number of hydrogen-bond acceptors (Lipinski definition) is 6. The Balaban J connectivity index is 1.83. The molecule has 0 aliphatic carbocycles. The Hall–Kier alpha value is -3.11. The smallest absolute Gasteiger partial charge is 0.268 e. The summed E-state index contributed by atoms with van der Waals surface area (Å²) < 4.78 is 11.4. The number of fused-ring (bicyclic) bond motifs is 1. The minimum atomic E-state index is -0.530. The first-order valence-electron chi connectivity index (χ1n) is 7.03. The van der Waals surface area contributed by atoms with E-state index in [1.165, 1.54) is 17.4 Å². The molecule has 2 aromatic heterocycles. The van der Waals surface area contributed by atoms with Gasteiger partial charge in [-0.3, -0.25) is 10.1 Å². The van der Waals surface area contributed by atoms with E-state index in [4.69, 9.17) is 9.15 Å². The Morgan fingerprint density at radius 2 is 2.25 bits per heavy atom. The topological polar surface area (TPSA) is 88.1 Å². The molecule has 0 saturated carbocycles. The van der Waals surface area contributed by atoms with Crippen LogP contribution in [0.25, 0.3) is 16.3 Å². The van der Waals surface area contributed by atoms with Crippen molar-refractivity contribution < 1.29 is 13.9 Å². The Morgan fingerprint density at radius 1 is 1.42 bits per heavy atom. The molecule has 1 N–H and O–H groups in total. The second-order valence-electron chi connectivity index (χ2n) is 4.93. The molecule has 0 aliphatic rings. The SMILES string of the molecule is COc1ccc2nc(NC(=O)C(C#N)=Cc3ccc(C)o3)sc2c1. The third kappa shape index (κ3) is 3.29. The Bertz CT molecular complexity index is 979. The quantitative estimate of drug-likeness (QED) is 0.577. The minimum Gasteiger partial charge on any atom is -0.497 e. The molecule has 0 bridgehead atoms. The number of nitrogens with one attached hydrogen (secondary N) is 1. The summed E-state index contributed by atoms with van der Waals surface area (Å²) in [6, 6.07) is 10.8. The zero-order valence-corrected chi connectivity index (χ0v) is 13.8. The molecular formula is C17H13N3O3S. The van der Waals surface area contributed by atoms with Crippen molar-refractivity contribution in [3.63, 3.8) is 0 Å². The van der Waals surface area contributed by atoms with Crippen LogP contribution in [0.5, 0.6) is 5.75 Å². The fourth-order valence-corrected chi connectivity index (χ4v) is 2.96. The van der Waals surface area contributed by atoms with Gasteiger partial charge in [0.15, 0.2) is 5.13 Å². The predicted octanol–water partition coefficient (Wildman–Crippen LogP) is 3.75. The fraction of sp³-hybridized carbons (Fsp3) is 0.118. The molecule has 3 aromatic rings. The Morgan fingerprint density at radius 3 is 2.92 bits per heavy atom. The molecule has 24 heavy (non-hydrogen) atoms. The van der Waals surface area contributed by atoms with E-state index in [0.717, 1.165) is 16.0 Å². The van der Waals surface area contributed by atoms with Gasteiger partial charge in [0.05, 0.1) is 17.3 Å². The van der Waals surface area contributed by atoms with Gasteiger partial charge in [-0.25, -0.2) is 4.98 Å². The van der Waals surface area contributed by atoms with Gasteiger partial charge >= 0.3 is 0 Å². The van der Waals surface area contributed by atoms with E-state index in [0.29, 0.717) is 16.7 Å². The number of hydrogen-bond donors (Lipinski definition) is 1. The molecule has 0 fully saturated rings. The predicted molar refractivity (Wildman–Crippen MR) is 91.8 cm³/mol. The van der Waals surface area contributed by atoms with Crippen molar-refractivity contribution in [1.29, 1.82) is 5.26 Å². The lowest BCUT2D eigenvalue weighted by Gasteiger charge is -1.98. The number of nitrogens with zero attached hydrogens (tertiary/aromatic N) is 2. The van der Waals surface area contributed by atoms with E-state index in [1.54, 1.807) is 32.2 Å². The second kappa shape index (κ2) is 6.56. The maximum absolute atomic E-state index is 12.3.